The molecule has 33 heavy (non-hydrogen) atoms. The second-order valence-electron chi connectivity index (χ2n) is 8.17. The van der Waals surface area contributed by atoms with Gasteiger partial charge in [0.1, 0.15) is 0 Å². The van der Waals surface area contributed by atoms with Crippen LogP contribution in [0.4, 0.5) is 22.0 Å². The predicted octanol–water partition coefficient (Wildman–Crippen LogP) is 8.47. The van der Waals surface area contributed by atoms with Gasteiger partial charge in [0, 0.05) is 23.1 Å². The zero-order chi connectivity index (χ0) is 23.7. The van der Waals surface area contributed by atoms with Crippen molar-refractivity contribution in [2.45, 2.75) is 46.0 Å². The van der Waals surface area contributed by atoms with E-state index < -0.39 is 40.4 Å². The Kier molecular flexibility index (Phi) is 6.54. The number of ether oxygens (including phenoxy) is 1. The molecule has 0 bridgehead atoms. The van der Waals surface area contributed by atoms with Crippen LogP contribution >= 0.6 is 0 Å². The molecule has 172 valence electrons. The van der Waals surface area contributed by atoms with Gasteiger partial charge in [-0.25, -0.2) is 17.6 Å². The van der Waals surface area contributed by atoms with Crippen LogP contribution in [0.2, 0.25) is 0 Å². The maximum absolute atomic E-state index is 15.0. The lowest BCUT2D eigenvalue weighted by atomic mass is 9.95. The summed E-state index contributed by atoms with van der Waals surface area (Å²) in [4.78, 5) is 0. The Morgan fingerprint density at radius 2 is 1.42 bits per heavy atom. The number of aryl methyl sites for hydroxylation is 2. The van der Waals surface area contributed by atoms with Crippen LogP contribution in [0.3, 0.4) is 0 Å². The van der Waals surface area contributed by atoms with Gasteiger partial charge in [-0.15, -0.1) is 0 Å². The molecule has 0 radical (unpaired) electrons. The summed E-state index contributed by atoms with van der Waals surface area (Å²) in [6, 6.07) is 10.4. The van der Waals surface area contributed by atoms with E-state index in [1.165, 1.54) is 12.1 Å². The molecule has 4 rings (SSSR count). The van der Waals surface area contributed by atoms with Crippen molar-refractivity contribution in [3.63, 3.8) is 0 Å². The fourth-order valence-electron chi connectivity index (χ4n) is 4.07. The van der Waals surface area contributed by atoms with Gasteiger partial charge < -0.3 is 4.74 Å². The van der Waals surface area contributed by atoms with E-state index in [9.17, 15) is 22.0 Å². The van der Waals surface area contributed by atoms with Crippen molar-refractivity contribution in [1.29, 1.82) is 0 Å². The Morgan fingerprint density at radius 3 is 2.09 bits per heavy atom. The minimum atomic E-state index is -1.59. The first kappa shape index (κ1) is 23.0. The standard InChI is InChI=1S/C27H23F5O/c1-3-5-15-7-9-17(10-8-15)21(28)23(30)20-14-19-13-18-12-11-16(6-4-2)22(29)26(18)33-27(19)25(32)24(20)31/h7-12,14H,3-6,13H2,1-2H3/b23-21+. The summed E-state index contributed by atoms with van der Waals surface area (Å²) in [6.07, 6.45) is 2.87. The van der Waals surface area contributed by atoms with Crippen molar-refractivity contribution in [3.05, 3.63) is 93.3 Å². The normalized spacial score (nSPS) is 13.2. The SMILES string of the molecule is CCCc1ccc(/C(F)=C(\F)c2cc3c(c(F)c2F)Oc2c(ccc(CCC)c2F)C3)cc1. The number of hydrogen-bond donors (Lipinski definition) is 0. The van der Waals surface area contributed by atoms with Crippen LogP contribution in [0.5, 0.6) is 11.5 Å². The maximum Gasteiger partial charge on any atom is 0.202 e. The van der Waals surface area contributed by atoms with E-state index in [1.54, 1.807) is 24.3 Å². The van der Waals surface area contributed by atoms with Gasteiger partial charge in [0.2, 0.25) is 5.82 Å². The number of hydrogen-bond acceptors (Lipinski definition) is 1. The zero-order valence-corrected chi connectivity index (χ0v) is 18.4. The Balaban J connectivity index is 1.74. The molecule has 0 aromatic heterocycles. The quantitative estimate of drug-likeness (QED) is 0.208. The van der Waals surface area contributed by atoms with Gasteiger partial charge in [0.25, 0.3) is 0 Å². The largest absolute Gasteiger partial charge is 0.450 e. The smallest absolute Gasteiger partial charge is 0.202 e. The Hall–Kier alpha value is -3.15. The number of halogens is 5. The highest BCUT2D eigenvalue weighted by Gasteiger charge is 2.30. The molecule has 0 aliphatic carbocycles. The highest BCUT2D eigenvalue weighted by Crippen LogP contribution is 2.44. The lowest BCUT2D eigenvalue weighted by Crippen LogP contribution is -2.10. The highest BCUT2D eigenvalue weighted by atomic mass is 19.2. The zero-order valence-electron chi connectivity index (χ0n) is 18.4. The molecule has 6 heteroatoms. The Labute approximate surface area is 189 Å². The van der Waals surface area contributed by atoms with Crippen molar-refractivity contribution in [1.82, 2.24) is 0 Å². The molecule has 0 spiro atoms. The summed E-state index contributed by atoms with van der Waals surface area (Å²) < 4.78 is 79.6. The molecule has 1 heterocycles. The minimum Gasteiger partial charge on any atom is -0.450 e. The molecule has 0 unspecified atom stereocenters. The Morgan fingerprint density at radius 1 is 0.758 bits per heavy atom. The molecule has 3 aromatic carbocycles. The third-order valence-corrected chi connectivity index (χ3v) is 5.78. The molecule has 0 fully saturated rings. The molecule has 1 nitrogen and oxygen atoms in total. The first-order chi connectivity index (χ1) is 15.8. The molecule has 0 atom stereocenters. The van der Waals surface area contributed by atoms with E-state index in [4.69, 9.17) is 4.74 Å². The predicted molar refractivity (Wildman–Crippen MR) is 119 cm³/mol. The summed E-state index contributed by atoms with van der Waals surface area (Å²) in [5.41, 5.74) is 1.01. The van der Waals surface area contributed by atoms with Crippen LogP contribution < -0.4 is 4.74 Å². The summed E-state index contributed by atoms with van der Waals surface area (Å²) in [7, 11) is 0. The van der Waals surface area contributed by atoms with Crippen LogP contribution in [0.1, 0.15) is 60.1 Å². The highest BCUT2D eigenvalue weighted by molar-refractivity contribution is 5.84. The van der Waals surface area contributed by atoms with Crippen molar-refractivity contribution in [3.8, 4) is 11.5 Å². The summed E-state index contributed by atoms with van der Waals surface area (Å²) in [5.74, 6) is -7.14. The van der Waals surface area contributed by atoms with E-state index in [0.717, 1.165) is 24.5 Å². The topological polar surface area (TPSA) is 9.23 Å². The third kappa shape index (κ3) is 4.26. The molecular weight excluding hydrogens is 435 g/mol. The lowest BCUT2D eigenvalue weighted by Gasteiger charge is -2.23. The summed E-state index contributed by atoms with van der Waals surface area (Å²) in [5, 5.41) is 0. The number of benzene rings is 3. The van der Waals surface area contributed by atoms with E-state index in [-0.39, 0.29) is 23.3 Å². The van der Waals surface area contributed by atoms with Gasteiger partial charge in [-0.3, -0.25) is 0 Å². The van der Waals surface area contributed by atoms with Crippen LogP contribution in [-0.4, -0.2) is 0 Å². The first-order valence-corrected chi connectivity index (χ1v) is 11.0. The molecule has 0 amide bonds. The van der Waals surface area contributed by atoms with Gasteiger partial charge in [0.05, 0.1) is 5.56 Å². The molecule has 1 aliphatic heterocycles. The van der Waals surface area contributed by atoms with Gasteiger partial charge in [-0.2, -0.15) is 4.39 Å². The van der Waals surface area contributed by atoms with Crippen LogP contribution in [0.15, 0.2) is 42.5 Å². The van der Waals surface area contributed by atoms with E-state index in [0.29, 0.717) is 24.0 Å². The van der Waals surface area contributed by atoms with Crippen LogP contribution in [-0.2, 0) is 19.3 Å². The van der Waals surface area contributed by atoms with E-state index >= 15 is 0 Å². The summed E-state index contributed by atoms with van der Waals surface area (Å²) >= 11 is 0. The minimum absolute atomic E-state index is 0.00119. The fourth-order valence-corrected chi connectivity index (χ4v) is 4.07. The molecule has 1 aliphatic rings. The van der Waals surface area contributed by atoms with Crippen LogP contribution in [0.25, 0.3) is 11.7 Å². The lowest BCUT2D eigenvalue weighted by molar-refractivity contribution is 0.378. The fraction of sp³-hybridized carbons (Fsp3) is 0.259. The summed E-state index contributed by atoms with van der Waals surface area (Å²) in [6.45, 7) is 3.90. The molecular formula is C27H23F5O. The van der Waals surface area contributed by atoms with Gasteiger partial charge in [-0.05, 0) is 30.0 Å². The average Bonchev–Trinajstić information content (AvgIpc) is 2.82. The van der Waals surface area contributed by atoms with Crippen molar-refractivity contribution in [2.75, 3.05) is 0 Å². The van der Waals surface area contributed by atoms with Gasteiger partial charge in [0.15, 0.2) is 34.8 Å². The maximum atomic E-state index is 15.0. The monoisotopic (exact) mass is 458 g/mol. The second-order valence-corrected chi connectivity index (χ2v) is 8.17. The average molecular weight is 458 g/mol. The third-order valence-electron chi connectivity index (χ3n) is 5.78. The van der Waals surface area contributed by atoms with Gasteiger partial charge >= 0.3 is 0 Å². The first-order valence-electron chi connectivity index (χ1n) is 11.0. The van der Waals surface area contributed by atoms with Crippen molar-refractivity contribution < 1.29 is 26.7 Å². The molecule has 0 N–H and O–H groups in total. The Bertz CT molecular complexity index is 1230. The molecule has 3 aromatic rings. The molecule has 0 saturated carbocycles. The van der Waals surface area contributed by atoms with Crippen molar-refractivity contribution >= 4 is 11.7 Å². The van der Waals surface area contributed by atoms with Crippen LogP contribution in [0, 0.1) is 17.5 Å². The second kappa shape index (κ2) is 9.38. The number of fused-ring (bicyclic) bond motifs is 2. The van der Waals surface area contributed by atoms with E-state index in [2.05, 4.69) is 0 Å². The van der Waals surface area contributed by atoms with Crippen molar-refractivity contribution in [2.24, 2.45) is 0 Å². The van der Waals surface area contributed by atoms with Gasteiger partial charge in [-0.1, -0.05) is 63.1 Å². The van der Waals surface area contributed by atoms with E-state index in [1.807, 2.05) is 13.8 Å². The molecule has 0 saturated heterocycles. The number of rotatable bonds is 6.